The lowest BCUT2D eigenvalue weighted by Gasteiger charge is -2.38. The van der Waals surface area contributed by atoms with E-state index in [0.717, 1.165) is 11.3 Å². The smallest absolute Gasteiger partial charge is 0.260 e. The molecule has 0 aliphatic carbocycles. The molecule has 1 aromatic heterocycles. The van der Waals surface area contributed by atoms with Gasteiger partial charge in [0.25, 0.3) is 15.9 Å². The summed E-state index contributed by atoms with van der Waals surface area (Å²) in [6.07, 6.45) is -0.207. The van der Waals surface area contributed by atoms with Gasteiger partial charge in [-0.15, -0.1) is 11.3 Å². The molecule has 0 N–H and O–H groups in total. The maximum absolute atomic E-state index is 15.0. The van der Waals surface area contributed by atoms with Crippen molar-refractivity contribution >= 4 is 27.3 Å². The van der Waals surface area contributed by atoms with Crippen molar-refractivity contribution < 1.29 is 22.3 Å². The first-order chi connectivity index (χ1) is 10.9. The van der Waals surface area contributed by atoms with Crippen molar-refractivity contribution in [1.29, 1.82) is 0 Å². The summed E-state index contributed by atoms with van der Waals surface area (Å²) in [4.78, 5) is 13.9. The molecule has 0 aromatic carbocycles. The van der Waals surface area contributed by atoms with Crippen LogP contribution in [0.2, 0.25) is 0 Å². The van der Waals surface area contributed by atoms with Crippen molar-refractivity contribution in [2.45, 2.75) is 22.7 Å². The summed E-state index contributed by atoms with van der Waals surface area (Å²) < 4.78 is 46.6. The summed E-state index contributed by atoms with van der Waals surface area (Å²) in [5.41, 5.74) is -1.97. The summed E-state index contributed by atoms with van der Waals surface area (Å²) in [5, 5.41) is 1.69. The van der Waals surface area contributed by atoms with Crippen LogP contribution in [0.3, 0.4) is 0 Å². The van der Waals surface area contributed by atoms with Crippen LogP contribution in [-0.2, 0) is 19.6 Å². The molecule has 0 bridgehead atoms. The number of amides is 1. The van der Waals surface area contributed by atoms with Crippen LogP contribution in [0.5, 0.6) is 0 Å². The van der Waals surface area contributed by atoms with Crippen LogP contribution in [0.15, 0.2) is 21.7 Å². The van der Waals surface area contributed by atoms with Crippen molar-refractivity contribution in [1.82, 2.24) is 9.21 Å². The Morgan fingerprint density at radius 3 is 2.43 bits per heavy atom. The lowest BCUT2D eigenvalue weighted by molar-refractivity contribution is -0.150. The van der Waals surface area contributed by atoms with Crippen LogP contribution < -0.4 is 0 Å². The Labute approximate surface area is 138 Å². The normalized spacial score (nSPS) is 22.9. The molecule has 23 heavy (non-hydrogen) atoms. The summed E-state index contributed by atoms with van der Waals surface area (Å²) in [7, 11) is -3.58. The van der Waals surface area contributed by atoms with Crippen LogP contribution in [0.4, 0.5) is 4.39 Å². The third-order valence-electron chi connectivity index (χ3n) is 4.29. The summed E-state index contributed by atoms with van der Waals surface area (Å²) >= 11 is 1.14. The molecule has 6 nitrogen and oxygen atoms in total. The highest BCUT2D eigenvalue weighted by Crippen LogP contribution is 2.32. The van der Waals surface area contributed by atoms with E-state index < -0.39 is 21.6 Å². The molecule has 0 atom stereocenters. The Hall–Kier alpha value is -1.03. The standard InChI is InChI=1S/C14H19FN2O4S2/c15-14(13(18)16-7-9-21-10-8-16)3-5-17(6-4-14)23(19,20)12-2-1-11-22-12/h1-2,11H,3-10H2. The van der Waals surface area contributed by atoms with E-state index >= 15 is 4.39 Å². The van der Waals surface area contributed by atoms with E-state index in [-0.39, 0.29) is 30.1 Å². The van der Waals surface area contributed by atoms with Gasteiger partial charge in [-0.3, -0.25) is 4.79 Å². The summed E-state index contributed by atoms with van der Waals surface area (Å²) in [6.45, 7) is 1.66. The molecule has 0 radical (unpaired) electrons. The number of piperidine rings is 1. The SMILES string of the molecule is O=C(N1CCOCC1)C1(F)CCN(S(=O)(=O)c2cccs2)CC1. The first-order valence-electron chi connectivity index (χ1n) is 7.53. The van der Waals surface area contributed by atoms with E-state index in [0.29, 0.717) is 26.3 Å². The predicted molar refractivity (Wildman–Crippen MR) is 83.5 cm³/mol. The number of rotatable bonds is 3. The average Bonchev–Trinajstić information content (AvgIpc) is 3.11. The van der Waals surface area contributed by atoms with E-state index in [4.69, 9.17) is 4.74 Å². The lowest BCUT2D eigenvalue weighted by Crippen LogP contribution is -2.55. The third-order valence-corrected chi connectivity index (χ3v) is 7.56. The van der Waals surface area contributed by atoms with Gasteiger partial charge in [0.2, 0.25) is 0 Å². The van der Waals surface area contributed by atoms with Crippen LogP contribution in [0.1, 0.15) is 12.8 Å². The fourth-order valence-corrected chi connectivity index (χ4v) is 5.47. The Morgan fingerprint density at radius 1 is 1.22 bits per heavy atom. The molecule has 1 aromatic rings. The second-order valence-corrected chi connectivity index (χ2v) is 8.82. The van der Waals surface area contributed by atoms with Gasteiger partial charge < -0.3 is 9.64 Å². The van der Waals surface area contributed by atoms with Crippen LogP contribution in [-0.4, -0.2) is 68.6 Å². The number of carbonyl (C=O) groups is 1. The molecule has 0 saturated carbocycles. The maximum atomic E-state index is 15.0. The Kier molecular flexibility index (Phi) is 4.73. The molecule has 0 spiro atoms. The molecule has 9 heteroatoms. The first kappa shape index (κ1) is 16.8. The minimum absolute atomic E-state index is 0.0206. The van der Waals surface area contributed by atoms with Gasteiger partial charge in [-0.05, 0) is 11.4 Å². The Balaban J connectivity index is 1.66. The van der Waals surface area contributed by atoms with Gasteiger partial charge in [0, 0.05) is 39.0 Å². The van der Waals surface area contributed by atoms with E-state index in [1.54, 1.807) is 11.4 Å². The average molecular weight is 362 g/mol. The molecular formula is C14H19FN2O4S2. The van der Waals surface area contributed by atoms with Gasteiger partial charge in [-0.25, -0.2) is 12.8 Å². The number of hydrogen-bond acceptors (Lipinski definition) is 5. The number of thiophene rings is 1. The van der Waals surface area contributed by atoms with Gasteiger partial charge in [-0.2, -0.15) is 4.31 Å². The fraction of sp³-hybridized carbons (Fsp3) is 0.643. The number of sulfonamides is 1. The quantitative estimate of drug-likeness (QED) is 0.808. The van der Waals surface area contributed by atoms with Gasteiger partial charge >= 0.3 is 0 Å². The van der Waals surface area contributed by atoms with Gasteiger partial charge in [0.05, 0.1) is 13.2 Å². The van der Waals surface area contributed by atoms with Gasteiger partial charge in [0.1, 0.15) is 4.21 Å². The van der Waals surface area contributed by atoms with Crippen molar-refractivity contribution in [3.63, 3.8) is 0 Å². The van der Waals surface area contributed by atoms with Crippen molar-refractivity contribution in [2.75, 3.05) is 39.4 Å². The summed E-state index contributed by atoms with van der Waals surface area (Å²) in [6, 6.07) is 3.21. The molecular weight excluding hydrogens is 343 g/mol. The molecule has 2 fully saturated rings. The Bertz CT molecular complexity index is 648. The van der Waals surface area contributed by atoms with E-state index in [2.05, 4.69) is 0 Å². The molecule has 3 heterocycles. The molecule has 3 rings (SSSR count). The zero-order valence-corrected chi connectivity index (χ0v) is 14.2. The highest BCUT2D eigenvalue weighted by atomic mass is 32.2. The number of nitrogens with zero attached hydrogens (tertiary/aromatic N) is 2. The van der Waals surface area contributed by atoms with Gasteiger partial charge in [-0.1, -0.05) is 6.07 Å². The largest absolute Gasteiger partial charge is 0.378 e. The monoisotopic (exact) mass is 362 g/mol. The number of carbonyl (C=O) groups excluding carboxylic acids is 1. The second kappa shape index (κ2) is 6.46. The summed E-state index contributed by atoms with van der Waals surface area (Å²) in [5.74, 6) is -0.533. The molecule has 2 aliphatic rings. The molecule has 0 unspecified atom stereocenters. The molecule has 2 saturated heterocycles. The molecule has 1 amide bonds. The van der Waals surface area contributed by atoms with Crippen molar-refractivity contribution in [3.05, 3.63) is 17.5 Å². The zero-order valence-electron chi connectivity index (χ0n) is 12.6. The minimum Gasteiger partial charge on any atom is -0.378 e. The van der Waals surface area contributed by atoms with E-state index in [1.807, 2.05) is 0 Å². The fourth-order valence-electron chi connectivity index (χ4n) is 2.88. The highest BCUT2D eigenvalue weighted by Gasteiger charge is 2.46. The van der Waals surface area contributed by atoms with Crippen LogP contribution >= 0.6 is 11.3 Å². The van der Waals surface area contributed by atoms with Gasteiger partial charge in [0.15, 0.2) is 5.67 Å². The predicted octanol–water partition coefficient (Wildman–Crippen LogP) is 1.10. The minimum atomic E-state index is -3.58. The van der Waals surface area contributed by atoms with Crippen LogP contribution in [0.25, 0.3) is 0 Å². The number of alkyl halides is 1. The number of hydrogen-bond donors (Lipinski definition) is 0. The third kappa shape index (κ3) is 3.28. The highest BCUT2D eigenvalue weighted by molar-refractivity contribution is 7.91. The zero-order chi connectivity index (χ0) is 16.5. The number of ether oxygens (including phenoxy) is 1. The van der Waals surface area contributed by atoms with Crippen molar-refractivity contribution in [3.8, 4) is 0 Å². The van der Waals surface area contributed by atoms with Crippen molar-refractivity contribution in [2.24, 2.45) is 0 Å². The molecule has 128 valence electrons. The first-order valence-corrected chi connectivity index (χ1v) is 9.85. The topological polar surface area (TPSA) is 66.9 Å². The van der Waals surface area contributed by atoms with E-state index in [1.165, 1.54) is 15.3 Å². The second-order valence-electron chi connectivity index (χ2n) is 5.71. The molecule has 2 aliphatic heterocycles. The lowest BCUT2D eigenvalue weighted by atomic mass is 9.92. The Morgan fingerprint density at radius 2 is 1.87 bits per heavy atom. The maximum Gasteiger partial charge on any atom is 0.260 e. The number of morpholine rings is 1. The number of halogens is 1. The van der Waals surface area contributed by atoms with E-state index in [9.17, 15) is 13.2 Å². The van der Waals surface area contributed by atoms with Crippen LogP contribution in [0, 0.1) is 0 Å².